The quantitative estimate of drug-likeness (QED) is 0.682. The first-order chi connectivity index (χ1) is 7.41. The van der Waals surface area contributed by atoms with E-state index in [1.807, 2.05) is 13.8 Å². The van der Waals surface area contributed by atoms with Crippen LogP contribution >= 0.6 is 0 Å². The van der Waals surface area contributed by atoms with Crippen LogP contribution in [-0.4, -0.2) is 56.0 Å². The molecule has 0 bridgehead atoms. The standard InChI is InChI=1S/C10H23NO4S/c1-5-9(2)11(6-7-15-4)16(13,14)10(3)8-12/h9-10,12H,5-8H2,1-4H3. The molecule has 0 radical (unpaired) electrons. The normalized spacial score (nSPS) is 16.4. The summed E-state index contributed by atoms with van der Waals surface area (Å²) in [5.74, 6) is 0. The summed E-state index contributed by atoms with van der Waals surface area (Å²) >= 11 is 0. The summed E-state index contributed by atoms with van der Waals surface area (Å²) in [5.41, 5.74) is 0. The average Bonchev–Trinajstić information content (AvgIpc) is 2.27. The Morgan fingerprint density at radius 1 is 1.38 bits per heavy atom. The Kier molecular flexibility index (Phi) is 7.14. The fourth-order valence-electron chi connectivity index (χ4n) is 1.31. The minimum atomic E-state index is -3.43. The molecule has 0 aromatic rings. The topological polar surface area (TPSA) is 66.8 Å². The molecule has 2 unspecified atom stereocenters. The molecule has 0 amide bonds. The molecule has 0 aromatic carbocycles. The first-order valence-corrected chi connectivity index (χ1v) is 7.02. The number of aliphatic hydroxyl groups excluding tert-OH is 1. The minimum absolute atomic E-state index is 0.0749. The van der Waals surface area contributed by atoms with E-state index in [0.29, 0.717) is 13.2 Å². The predicted molar refractivity (Wildman–Crippen MR) is 63.8 cm³/mol. The van der Waals surface area contributed by atoms with Crippen LogP contribution in [0.2, 0.25) is 0 Å². The third-order valence-electron chi connectivity index (χ3n) is 2.69. The maximum Gasteiger partial charge on any atom is 0.219 e. The SMILES string of the molecule is CCC(C)N(CCOC)S(=O)(=O)C(C)CO. The van der Waals surface area contributed by atoms with Crippen molar-refractivity contribution in [1.29, 1.82) is 0 Å². The molecule has 0 aliphatic carbocycles. The Morgan fingerprint density at radius 2 is 1.94 bits per heavy atom. The van der Waals surface area contributed by atoms with Gasteiger partial charge < -0.3 is 9.84 Å². The zero-order valence-corrected chi connectivity index (χ0v) is 11.3. The number of hydrogen-bond donors (Lipinski definition) is 1. The number of hydrogen-bond acceptors (Lipinski definition) is 4. The molecule has 5 nitrogen and oxygen atoms in total. The van der Waals surface area contributed by atoms with Gasteiger partial charge >= 0.3 is 0 Å². The number of sulfonamides is 1. The van der Waals surface area contributed by atoms with Gasteiger partial charge in [-0.25, -0.2) is 8.42 Å². The summed E-state index contributed by atoms with van der Waals surface area (Å²) in [6.07, 6.45) is 0.737. The van der Waals surface area contributed by atoms with Crippen LogP contribution in [-0.2, 0) is 14.8 Å². The number of nitrogens with zero attached hydrogens (tertiary/aromatic N) is 1. The number of ether oxygens (including phenoxy) is 1. The second-order valence-electron chi connectivity index (χ2n) is 3.90. The van der Waals surface area contributed by atoms with Gasteiger partial charge in [0.1, 0.15) is 0 Å². The highest BCUT2D eigenvalue weighted by molar-refractivity contribution is 7.89. The lowest BCUT2D eigenvalue weighted by atomic mass is 10.3. The zero-order valence-electron chi connectivity index (χ0n) is 10.5. The van der Waals surface area contributed by atoms with Crippen molar-refractivity contribution in [3.8, 4) is 0 Å². The Balaban J connectivity index is 4.87. The van der Waals surface area contributed by atoms with E-state index in [9.17, 15) is 8.42 Å². The Labute approximate surface area is 98.5 Å². The third-order valence-corrected chi connectivity index (χ3v) is 5.05. The second-order valence-corrected chi connectivity index (χ2v) is 6.20. The maximum absolute atomic E-state index is 12.1. The van der Waals surface area contributed by atoms with Crippen molar-refractivity contribution < 1.29 is 18.3 Å². The summed E-state index contributed by atoms with van der Waals surface area (Å²) in [6.45, 7) is 5.64. The van der Waals surface area contributed by atoms with Crippen molar-refractivity contribution in [2.45, 2.75) is 38.5 Å². The van der Waals surface area contributed by atoms with Crippen LogP contribution in [0.1, 0.15) is 27.2 Å². The molecule has 0 saturated heterocycles. The van der Waals surface area contributed by atoms with E-state index in [1.165, 1.54) is 18.3 Å². The minimum Gasteiger partial charge on any atom is -0.395 e. The van der Waals surface area contributed by atoms with Crippen LogP contribution in [0, 0.1) is 0 Å². The first-order valence-electron chi connectivity index (χ1n) is 5.52. The monoisotopic (exact) mass is 253 g/mol. The second kappa shape index (κ2) is 7.21. The lowest BCUT2D eigenvalue weighted by molar-refractivity contribution is 0.166. The Hall–Kier alpha value is -0.170. The summed E-state index contributed by atoms with van der Waals surface area (Å²) < 4.78 is 30.5. The van der Waals surface area contributed by atoms with E-state index in [0.717, 1.165) is 6.42 Å². The molecule has 98 valence electrons. The lowest BCUT2D eigenvalue weighted by Gasteiger charge is -2.29. The molecular formula is C10H23NO4S. The van der Waals surface area contributed by atoms with E-state index in [-0.39, 0.29) is 12.6 Å². The third kappa shape index (κ3) is 4.01. The average molecular weight is 253 g/mol. The van der Waals surface area contributed by atoms with Crippen molar-refractivity contribution in [1.82, 2.24) is 4.31 Å². The molecule has 0 fully saturated rings. The van der Waals surface area contributed by atoms with Gasteiger partial charge in [-0.1, -0.05) is 6.92 Å². The Morgan fingerprint density at radius 3 is 2.31 bits per heavy atom. The van der Waals surface area contributed by atoms with Crippen LogP contribution in [0.25, 0.3) is 0 Å². The molecule has 0 heterocycles. The molecule has 0 aromatic heterocycles. The first kappa shape index (κ1) is 15.8. The van der Waals surface area contributed by atoms with Gasteiger partial charge in [0.2, 0.25) is 10.0 Å². The van der Waals surface area contributed by atoms with E-state index in [4.69, 9.17) is 9.84 Å². The lowest BCUT2D eigenvalue weighted by Crippen LogP contribution is -2.45. The molecular weight excluding hydrogens is 230 g/mol. The van der Waals surface area contributed by atoms with Gasteiger partial charge in [-0.15, -0.1) is 0 Å². The Bertz CT molecular complexity index is 279. The van der Waals surface area contributed by atoms with Gasteiger partial charge in [0, 0.05) is 19.7 Å². The molecule has 0 aliphatic rings. The van der Waals surface area contributed by atoms with Crippen LogP contribution in [0.15, 0.2) is 0 Å². The molecule has 2 atom stereocenters. The molecule has 6 heteroatoms. The number of methoxy groups -OCH3 is 1. The van der Waals surface area contributed by atoms with Crippen molar-refractivity contribution in [2.75, 3.05) is 26.9 Å². The smallest absolute Gasteiger partial charge is 0.219 e. The fraction of sp³-hybridized carbons (Fsp3) is 1.00. The highest BCUT2D eigenvalue weighted by Crippen LogP contribution is 2.14. The maximum atomic E-state index is 12.1. The summed E-state index contributed by atoms with van der Waals surface area (Å²) in [6, 6.07) is -0.0749. The van der Waals surface area contributed by atoms with E-state index >= 15 is 0 Å². The highest BCUT2D eigenvalue weighted by atomic mass is 32.2. The molecule has 0 rings (SSSR count). The molecule has 16 heavy (non-hydrogen) atoms. The van der Waals surface area contributed by atoms with Gasteiger partial charge in [-0.3, -0.25) is 0 Å². The molecule has 1 N–H and O–H groups in total. The van der Waals surface area contributed by atoms with Crippen LogP contribution < -0.4 is 0 Å². The summed E-state index contributed by atoms with van der Waals surface area (Å²) in [4.78, 5) is 0. The van der Waals surface area contributed by atoms with E-state index in [1.54, 1.807) is 0 Å². The number of rotatable bonds is 8. The largest absolute Gasteiger partial charge is 0.395 e. The van der Waals surface area contributed by atoms with Gasteiger partial charge in [0.05, 0.1) is 18.5 Å². The van der Waals surface area contributed by atoms with Crippen LogP contribution in [0.4, 0.5) is 0 Å². The molecule has 0 saturated carbocycles. The summed E-state index contributed by atoms with van der Waals surface area (Å²) in [7, 11) is -1.89. The van der Waals surface area contributed by atoms with Crippen LogP contribution in [0.3, 0.4) is 0 Å². The van der Waals surface area contributed by atoms with Crippen LogP contribution in [0.5, 0.6) is 0 Å². The van der Waals surface area contributed by atoms with E-state index in [2.05, 4.69) is 0 Å². The number of aliphatic hydroxyl groups is 1. The van der Waals surface area contributed by atoms with E-state index < -0.39 is 15.3 Å². The predicted octanol–water partition coefficient (Wildman–Crippen LogP) is 0.444. The van der Waals surface area contributed by atoms with Crippen molar-refractivity contribution in [3.63, 3.8) is 0 Å². The van der Waals surface area contributed by atoms with Crippen molar-refractivity contribution >= 4 is 10.0 Å². The van der Waals surface area contributed by atoms with Crippen molar-refractivity contribution in [3.05, 3.63) is 0 Å². The van der Waals surface area contributed by atoms with Crippen molar-refractivity contribution in [2.24, 2.45) is 0 Å². The summed E-state index contributed by atoms with van der Waals surface area (Å²) in [5, 5.41) is 8.20. The highest BCUT2D eigenvalue weighted by Gasteiger charge is 2.30. The van der Waals surface area contributed by atoms with Gasteiger partial charge in [-0.05, 0) is 20.3 Å². The molecule has 0 aliphatic heterocycles. The van der Waals surface area contributed by atoms with Gasteiger partial charge in [-0.2, -0.15) is 4.31 Å². The fourth-order valence-corrected chi connectivity index (χ4v) is 2.94. The molecule has 0 spiro atoms. The zero-order chi connectivity index (χ0) is 12.8. The van der Waals surface area contributed by atoms with Gasteiger partial charge in [0.25, 0.3) is 0 Å². The van der Waals surface area contributed by atoms with Gasteiger partial charge in [0.15, 0.2) is 0 Å².